The van der Waals surface area contributed by atoms with E-state index in [1.807, 2.05) is 0 Å². The van der Waals surface area contributed by atoms with Crippen LogP contribution in [0.25, 0.3) is 0 Å². The highest BCUT2D eigenvalue weighted by Crippen LogP contribution is 2.24. The van der Waals surface area contributed by atoms with Gasteiger partial charge in [-0.3, -0.25) is 5.10 Å². The molecule has 0 unspecified atom stereocenters. The smallest absolute Gasteiger partial charge is 0.246 e. The summed E-state index contributed by atoms with van der Waals surface area (Å²) in [7, 11) is -2.22. The van der Waals surface area contributed by atoms with Crippen LogP contribution in [0.15, 0.2) is 34.0 Å². The minimum atomic E-state index is -3.69. The second kappa shape index (κ2) is 5.27. The van der Waals surface area contributed by atoms with Gasteiger partial charge in [-0.15, -0.1) is 0 Å². The van der Waals surface area contributed by atoms with Crippen LogP contribution in [0.3, 0.4) is 0 Å². The number of anilines is 1. The van der Waals surface area contributed by atoms with Gasteiger partial charge in [-0.1, -0.05) is 0 Å². The van der Waals surface area contributed by atoms with Gasteiger partial charge in [-0.2, -0.15) is 9.40 Å². The summed E-state index contributed by atoms with van der Waals surface area (Å²) in [6.45, 7) is 0.199. The number of aromatic nitrogens is 3. The van der Waals surface area contributed by atoms with Crippen molar-refractivity contribution in [2.45, 2.75) is 11.4 Å². The number of halogens is 1. The first-order chi connectivity index (χ1) is 8.91. The van der Waals surface area contributed by atoms with Crippen molar-refractivity contribution in [3.05, 3.63) is 34.7 Å². The third kappa shape index (κ3) is 2.94. The van der Waals surface area contributed by atoms with Gasteiger partial charge in [0.05, 0.1) is 6.20 Å². The summed E-state index contributed by atoms with van der Waals surface area (Å²) in [6, 6.07) is 1.43. The molecule has 3 N–H and O–H groups in total. The van der Waals surface area contributed by atoms with Crippen molar-refractivity contribution in [3.63, 3.8) is 0 Å². The number of sulfonamides is 1. The lowest BCUT2D eigenvalue weighted by molar-refractivity contribution is 0.467. The number of hydrogen-bond donors (Lipinski definition) is 2. The molecule has 0 aliphatic heterocycles. The predicted molar refractivity (Wildman–Crippen MR) is 73.6 cm³/mol. The fraction of sp³-hybridized carbons (Fsp3) is 0.200. The van der Waals surface area contributed by atoms with E-state index >= 15 is 0 Å². The van der Waals surface area contributed by atoms with Crippen LogP contribution < -0.4 is 5.73 Å². The van der Waals surface area contributed by atoms with Crippen molar-refractivity contribution in [3.8, 4) is 0 Å². The summed E-state index contributed by atoms with van der Waals surface area (Å²) >= 11 is 3.18. The van der Waals surface area contributed by atoms with E-state index < -0.39 is 10.0 Å². The van der Waals surface area contributed by atoms with Gasteiger partial charge < -0.3 is 5.73 Å². The van der Waals surface area contributed by atoms with Gasteiger partial charge in [0.1, 0.15) is 10.7 Å². The maximum atomic E-state index is 12.4. The Morgan fingerprint density at radius 3 is 2.84 bits per heavy atom. The molecule has 2 aromatic rings. The minimum absolute atomic E-state index is 0.0205. The molecule has 0 radical (unpaired) electrons. The molecule has 0 aliphatic rings. The molecule has 2 aromatic heterocycles. The number of nitrogens with two attached hydrogens (primary N) is 1. The molecule has 19 heavy (non-hydrogen) atoms. The number of rotatable bonds is 4. The number of aromatic amines is 1. The molecule has 0 amide bonds. The molecular formula is C10H12BrN5O2S. The zero-order chi connectivity index (χ0) is 14.0. The third-order valence-electron chi connectivity index (χ3n) is 2.50. The summed E-state index contributed by atoms with van der Waals surface area (Å²) in [5.74, 6) is -0.0257. The van der Waals surface area contributed by atoms with Crippen LogP contribution in [-0.4, -0.2) is 35.0 Å². The maximum absolute atomic E-state index is 12.4. The van der Waals surface area contributed by atoms with E-state index in [-0.39, 0.29) is 17.3 Å². The SMILES string of the molecule is CN(Cc1cn[nH]c1)S(=O)(=O)c1cc(Br)cnc1N. The van der Waals surface area contributed by atoms with Crippen LogP contribution >= 0.6 is 15.9 Å². The summed E-state index contributed by atoms with van der Waals surface area (Å²) in [5.41, 5.74) is 6.39. The number of pyridine rings is 1. The van der Waals surface area contributed by atoms with Gasteiger partial charge in [-0.25, -0.2) is 13.4 Å². The van der Waals surface area contributed by atoms with Crippen LogP contribution in [0.5, 0.6) is 0 Å². The number of nitrogens with one attached hydrogen (secondary N) is 1. The zero-order valence-electron chi connectivity index (χ0n) is 10.0. The summed E-state index contributed by atoms with van der Waals surface area (Å²) in [6.07, 6.45) is 4.65. The highest BCUT2D eigenvalue weighted by molar-refractivity contribution is 9.10. The largest absolute Gasteiger partial charge is 0.383 e. The fourth-order valence-electron chi connectivity index (χ4n) is 1.51. The monoisotopic (exact) mass is 345 g/mol. The lowest BCUT2D eigenvalue weighted by atomic mass is 10.4. The number of H-pyrrole nitrogens is 1. The molecule has 7 nitrogen and oxygen atoms in total. The van der Waals surface area contributed by atoms with Gasteiger partial charge >= 0.3 is 0 Å². The van der Waals surface area contributed by atoms with Gasteiger partial charge in [-0.05, 0) is 22.0 Å². The number of nitrogen functional groups attached to an aromatic ring is 1. The third-order valence-corrected chi connectivity index (χ3v) is 4.76. The van der Waals surface area contributed by atoms with E-state index in [0.717, 1.165) is 5.56 Å². The Kier molecular flexibility index (Phi) is 3.88. The Morgan fingerprint density at radius 1 is 1.47 bits per heavy atom. The van der Waals surface area contributed by atoms with Gasteiger partial charge in [0.2, 0.25) is 10.0 Å². The van der Waals surface area contributed by atoms with Crippen molar-refractivity contribution >= 4 is 31.8 Å². The molecule has 0 bridgehead atoms. The first kappa shape index (κ1) is 14.0. The Morgan fingerprint density at radius 2 is 2.21 bits per heavy atom. The predicted octanol–water partition coefficient (Wildman–Crippen LogP) is 0.970. The zero-order valence-corrected chi connectivity index (χ0v) is 12.4. The lowest BCUT2D eigenvalue weighted by Crippen LogP contribution is -2.27. The van der Waals surface area contributed by atoms with Crippen LogP contribution in [0, 0.1) is 0 Å². The van der Waals surface area contributed by atoms with E-state index in [1.54, 1.807) is 12.4 Å². The van der Waals surface area contributed by atoms with E-state index in [0.29, 0.717) is 4.47 Å². The summed E-state index contributed by atoms with van der Waals surface area (Å²) < 4.78 is 26.5. The van der Waals surface area contributed by atoms with E-state index in [1.165, 1.54) is 23.6 Å². The number of hydrogen-bond acceptors (Lipinski definition) is 5. The minimum Gasteiger partial charge on any atom is -0.383 e. The average Bonchev–Trinajstić information content (AvgIpc) is 2.85. The molecule has 2 rings (SSSR count). The first-order valence-electron chi connectivity index (χ1n) is 5.26. The van der Waals surface area contributed by atoms with Crippen molar-refractivity contribution in [2.75, 3.05) is 12.8 Å². The molecule has 0 saturated heterocycles. The molecule has 0 aromatic carbocycles. The molecule has 0 aliphatic carbocycles. The van der Waals surface area contributed by atoms with Crippen molar-refractivity contribution in [2.24, 2.45) is 0 Å². The fourth-order valence-corrected chi connectivity index (χ4v) is 3.24. The van der Waals surface area contributed by atoms with E-state index in [2.05, 4.69) is 31.1 Å². The van der Waals surface area contributed by atoms with Gasteiger partial charge in [0.15, 0.2) is 0 Å². The molecule has 0 atom stereocenters. The summed E-state index contributed by atoms with van der Waals surface area (Å²) in [5, 5.41) is 6.40. The van der Waals surface area contributed by atoms with E-state index in [4.69, 9.17) is 5.73 Å². The van der Waals surface area contributed by atoms with Gasteiger partial charge in [0.25, 0.3) is 0 Å². The molecule has 102 valence electrons. The highest BCUT2D eigenvalue weighted by Gasteiger charge is 2.24. The normalized spacial score (nSPS) is 11.9. The molecule has 0 fully saturated rings. The quantitative estimate of drug-likeness (QED) is 0.858. The van der Waals surface area contributed by atoms with Crippen molar-refractivity contribution < 1.29 is 8.42 Å². The Bertz CT molecular complexity index is 671. The standard InChI is InChI=1S/C10H12BrN5O2S/c1-16(6-7-3-14-15-4-7)19(17,18)9-2-8(11)5-13-10(9)12/h2-5H,6H2,1H3,(H2,12,13)(H,14,15). The average molecular weight is 346 g/mol. The van der Waals surface area contributed by atoms with Crippen LogP contribution in [0.4, 0.5) is 5.82 Å². The topological polar surface area (TPSA) is 105 Å². The van der Waals surface area contributed by atoms with Crippen molar-refractivity contribution in [1.29, 1.82) is 0 Å². The van der Waals surface area contributed by atoms with Crippen LogP contribution in [0.2, 0.25) is 0 Å². The van der Waals surface area contributed by atoms with E-state index in [9.17, 15) is 8.42 Å². The second-order valence-corrected chi connectivity index (χ2v) is 6.83. The molecular weight excluding hydrogens is 334 g/mol. The Hall–Kier alpha value is -1.45. The Labute approximate surface area is 119 Å². The highest BCUT2D eigenvalue weighted by atomic mass is 79.9. The maximum Gasteiger partial charge on any atom is 0.246 e. The molecule has 0 spiro atoms. The van der Waals surface area contributed by atoms with Crippen LogP contribution in [0.1, 0.15) is 5.56 Å². The summed E-state index contributed by atoms with van der Waals surface area (Å²) in [4.78, 5) is 3.81. The number of nitrogens with zero attached hydrogens (tertiary/aromatic N) is 3. The molecule has 0 saturated carbocycles. The van der Waals surface area contributed by atoms with Gasteiger partial charge in [0, 0.05) is 36.0 Å². The van der Waals surface area contributed by atoms with Crippen LogP contribution in [-0.2, 0) is 16.6 Å². The molecule has 9 heteroatoms. The Balaban J connectivity index is 2.33. The lowest BCUT2D eigenvalue weighted by Gasteiger charge is -2.17. The van der Waals surface area contributed by atoms with Crippen molar-refractivity contribution in [1.82, 2.24) is 19.5 Å². The second-order valence-electron chi connectivity index (χ2n) is 3.90. The molecule has 2 heterocycles. The first-order valence-corrected chi connectivity index (χ1v) is 7.49.